The first-order chi connectivity index (χ1) is 13.2. The first-order valence-corrected chi connectivity index (χ1v) is 9.92. The first kappa shape index (κ1) is 20.3. The molecule has 1 amide bonds. The predicted octanol–water partition coefficient (Wildman–Crippen LogP) is 5.62. The van der Waals surface area contributed by atoms with E-state index in [4.69, 9.17) is 0 Å². The van der Waals surface area contributed by atoms with E-state index in [9.17, 15) is 18.8 Å². The number of alkyl halides is 2. The average Bonchev–Trinajstić information content (AvgIpc) is 2.96. The molecule has 4 nitrogen and oxygen atoms in total. The molecule has 0 saturated carbocycles. The molecule has 1 aliphatic rings. The van der Waals surface area contributed by atoms with Gasteiger partial charge in [-0.15, -0.1) is 11.3 Å². The van der Waals surface area contributed by atoms with Gasteiger partial charge in [0.25, 0.3) is 5.91 Å². The average molecular weight is 404 g/mol. The van der Waals surface area contributed by atoms with Crippen LogP contribution in [-0.2, 0) is 12.8 Å². The van der Waals surface area contributed by atoms with E-state index in [1.807, 2.05) is 0 Å². The van der Waals surface area contributed by atoms with Gasteiger partial charge in [0, 0.05) is 4.88 Å². The predicted molar refractivity (Wildman–Crippen MR) is 105 cm³/mol. The molecule has 1 atom stereocenters. The van der Waals surface area contributed by atoms with Gasteiger partial charge in [-0.1, -0.05) is 32.9 Å². The summed E-state index contributed by atoms with van der Waals surface area (Å²) in [5, 5.41) is 12.8. The summed E-state index contributed by atoms with van der Waals surface area (Å²) in [6.45, 7) is 3.62. The zero-order valence-electron chi connectivity index (χ0n) is 16.0. The molecular weight excluding hydrogens is 382 g/mol. The van der Waals surface area contributed by atoms with Crippen LogP contribution < -0.4 is 10.1 Å². The molecular formula is C21H22F2N2O2S. The second-order valence-electron chi connectivity index (χ2n) is 7.95. The number of halogens is 2. The van der Waals surface area contributed by atoms with Crippen molar-refractivity contribution < 1.29 is 18.3 Å². The third-order valence-electron chi connectivity index (χ3n) is 5.18. The van der Waals surface area contributed by atoms with E-state index in [-0.39, 0.29) is 16.7 Å². The van der Waals surface area contributed by atoms with Crippen LogP contribution in [0, 0.1) is 22.7 Å². The van der Waals surface area contributed by atoms with Gasteiger partial charge in [-0.3, -0.25) is 4.79 Å². The highest BCUT2D eigenvalue weighted by Gasteiger charge is 2.32. The third kappa shape index (κ3) is 4.17. The maximum atomic E-state index is 12.7. The lowest BCUT2D eigenvalue weighted by molar-refractivity contribution is -0.0501. The highest BCUT2D eigenvalue weighted by molar-refractivity contribution is 7.16. The smallest absolute Gasteiger partial charge is 0.387 e. The lowest BCUT2D eigenvalue weighted by Crippen LogP contribution is -2.26. The van der Waals surface area contributed by atoms with Crippen molar-refractivity contribution in [3.05, 3.63) is 45.8 Å². The maximum absolute atomic E-state index is 12.7. The summed E-state index contributed by atoms with van der Waals surface area (Å²) in [7, 11) is 0. The van der Waals surface area contributed by atoms with Crippen LogP contribution in [0.2, 0.25) is 0 Å². The minimum atomic E-state index is -3.02. The molecule has 3 rings (SSSR count). The number of para-hydroxylation sites is 1. The van der Waals surface area contributed by atoms with Crippen molar-refractivity contribution in [1.82, 2.24) is 0 Å². The van der Waals surface area contributed by atoms with Crippen molar-refractivity contribution in [2.24, 2.45) is 11.3 Å². The van der Waals surface area contributed by atoms with Crippen LogP contribution in [0.1, 0.15) is 53.6 Å². The molecule has 0 fully saturated rings. The van der Waals surface area contributed by atoms with Gasteiger partial charge in [0.15, 0.2) is 0 Å². The van der Waals surface area contributed by atoms with E-state index >= 15 is 0 Å². The van der Waals surface area contributed by atoms with Gasteiger partial charge in [-0.25, -0.2) is 0 Å². The highest BCUT2D eigenvalue weighted by Crippen LogP contribution is 2.44. The molecule has 2 aromatic rings. The molecule has 1 aromatic carbocycles. The minimum absolute atomic E-state index is 0.00521. The first-order valence-electron chi connectivity index (χ1n) is 9.10. The second-order valence-corrected chi connectivity index (χ2v) is 9.06. The van der Waals surface area contributed by atoms with Gasteiger partial charge in [-0.05, 0) is 48.3 Å². The van der Waals surface area contributed by atoms with Gasteiger partial charge in [-0.2, -0.15) is 14.0 Å². The van der Waals surface area contributed by atoms with Gasteiger partial charge in [0.1, 0.15) is 16.8 Å². The van der Waals surface area contributed by atoms with Crippen LogP contribution in [0.3, 0.4) is 0 Å². The molecule has 1 N–H and O–H groups in total. The summed E-state index contributed by atoms with van der Waals surface area (Å²) in [4.78, 5) is 13.8. The molecule has 0 saturated heterocycles. The van der Waals surface area contributed by atoms with Crippen molar-refractivity contribution in [1.29, 1.82) is 5.26 Å². The number of nitrogens with one attached hydrogen (secondary N) is 1. The molecule has 1 heterocycles. The van der Waals surface area contributed by atoms with Crippen LogP contribution in [-0.4, -0.2) is 12.5 Å². The zero-order chi connectivity index (χ0) is 20.5. The second kappa shape index (κ2) is 7.88. The summed E-state index contributed by atoms with van der Waals surface area (Å²) in [6, 6.07) is 8.04. The number of carbonyl (C=O) groups is 1. The van der Waals surface area contributed by atoms with E-state index in [0.717, 1.165) is 29.7 Å². The summed E-state index contributed by atoms with van der Waals surface area (Å²) >= 11 is 1.41. The molecule has 1 aliphatic carbocycles. The normalized spacial score (nSPS) is 16.4. The number of hydrogen-bond acceptors (Lipinski definition) is 4. The Labute approximate surface area is 167 Å². The van der Waals surface area contributed by atoms with Crippen LogP contribution >= 0.6 is 11.3 Å². The van der Waals surface area contributed by atoms with E-state index < -0.39 is 12.5 Å². The fourth-order valence-electron chi connectivity index (χ4n) is 3.55. The highest BCUT2D eigenvalue weighted by atomic mass is 32.1. The molecule has 148 valence electrons. The summed E-state index contributed by atoms with van der Waals surface area (Å²) in [5.74, 6) is -0.254. The molecule has 28 heavy (non-hydrogen) atoms. The van der Waals surface area contributed by atoms with Crippen molar-refractivity contribution in [2.45, 2.75) is 46.6 Å². The molecule has 0 radical (unpaired) electrons. The Morgan fingerprint density at radius 2 is 2.07 bits per heavy atom. The molecule has 1 unspecified atom stereocenters. The molecule has 7 heteroatoms. The number of thiophene rings is 1. The topological polar surface area (TPSA) is 62.1 Å². The Hall–Kier alpha value is -2.46. The Bertz CT molecular complexity index is 925. The quantitative estimate of drug-likeness (QED) is 0.719. The molecule has 0 bridgehead atoms. The lowest BCUT2D eigenvalue weighted by atomic mass is 9.72. The third-order valence-corrected chi connectivity index (χ3v) is 6.35. The maximum Gasteiger partial charge on any atom is 0.387 e. The Kier molecular flexibility index (Phi) is 5.71. The molecule has 1 aromatic heterocycles. The van der Waals surface area contributed by atoms with Crippen molar-refractivity contribution in [3.63, 3.8) is 0 Å². The lowest BCUT2D eigenvalue weighted by Gasteiger charge is -2.33. The van der Waals surface area contributed by atoms with E-state index in [1.165, 1.54) is 29.5 Å². The monoisotopic (exact) mass is 404 g/mol. The molecule has 0 aliphatic heterocycles. The SMILES string of the molecule is CC(C)(C)C1CCc2c(sc(NC(=O)c3ccccc3OC(F)F)c2C#N)C1. The zero-order valence-corrected chi connectivity index (χ0v) is 16.8. The Morgan fingerprint density at radius 1 is 1.36 bits per heavy atom. The van der Waals surface area contributed by atoms with E-state index in [1.54, 1.807) is 6.07 Å². The van der Waals surface area contributed by atoms with Crippen molar-refractivity contribution in [2.75, 3.05) is 5.32 Å². The number of anilines is 1. The standard InChI is InChI=1S/C21H22F2N2O2S/c1-21(2,3)12-8-9-13-15(11-24)19(28-17(13)10-12)25-18(26)14-6-4-5-7-16(14)27-20(22)23/h4-7,12,20H,8-10H2,1-3H3,(H,25,26). The van der Waals surface area contributed by atoms with Gasteiger partial charge >= 0.3 is 6.61 Å². The molecule has 0 spiro atoms. The number of benzene rings is 1. The number of hydrogen-bond donors (Lipinski definition) is 1. The van der Waals surface area contributed by atoms with E-state index in [2.05, 4.69) is 36.9 Å². The van der Waals surface area contributed by atoms with Crippen molar-refractivity contribution >= 4 is 22.2 Å². The van der Waals surface area contributed by atoms with Crippen LogP contribution in [0.5, 0.6) is 5.75 Å². The number of ether oxygens (including phenoxy) is 1. The van der Waals surface area contributed by atoms with Crippen LogP contribution in [0.4, 0.5) is 13.8 Å². The Balaban J connectivity index is 1.88. The fourth-order valence-corrected chi connectivity index (χ4v) is 4.83. The minimum Gasteiger partial charge on any atom is -0.434 e. The van der Waals surface area contributed by atoms with E-state index in [0.29, 0.717) is 16.5 Å². The largest absolute Gasteiger partial charge is 0.434 e. The number of rotatable bonds is 4. The summed E-state index contributed by atoms with van der Waals surface area (Å²) in [6.07, 6.45) is 2.68. The number of fused-ring (bicyclic) bond motifs is 1. The number of nitriles is 1. The van der Waals surface area contributed by atoms with Gasteiger partial charge < -0.3 is 10.1 Å². The van der Waals surface area contributed by atoms with Crippen molar-refractivity contribution in [3.8, 4) is 11.8 Å². The summed E-state index contributed by atoms with van der Waals surface area (Å²) in [5.41, 5.74) is 1.66. The number of carbonyl (C=O) groups excluding carboxylic acids is 1. The number of nitrogens with zero attached hydrogens (tertiary/aromatic N) is 1. The van der Waals surface area contributed by atoms with Gasteiger partial charge in [0.05, 0.1) is 11.1 Å². The Morgan fingerprint density at radius 3 is 2.71 bits per heavy atom. The number of amides is 1. The summed E-state index contributed by atoms with van der Waals surface area (Å²) < 4.78 is 29.6. The van der Waals surface area contributed by atoms with Crippen LogP contribution in [0.25, 0.3) is 0 Å². The van der Waals surface area contributed by atoms with Crippen LogP contribution in [0.15, 0.2) is 24.3 Å². The van der Waals surface area contributed by atoms with Gasteiger partial charge in [0.2, 0.25) is 0 Å². The fraction of sp³-hybridized carbons (Fsp3) is 0.429.